The van der Waals surface area contributed by atoms with Crippen LogP contribution in [0.5, 0.6) is 0 Å². The average molecular weight is 427 g/mol. The van der Waals surface area contributed by atoms with Crippen LogP contribution in [-0.4, -0.2) is 4.57 Å². The van der Waals surface area contributed by atoms with Gasteiger partial charge in [-0.1, -0.05) is 29.8 Å². The topological polar surface area (TPSA) is 32.0 Å². The third-order valence-corrected chi connectivity index (χ3v) is 5.41. The van der Waals surface area contributed by atoms with Crippen LogP contribution in [0.2, 0.25) is 0 Å². The zero-order valence-corrected chi connectivity index (χ0v) is 17.8. The zero-order valence-electron chi connectivity index (χ0n) is 17.8. The molecule has 0 aliphatic rings. The molecule has 0 N–H and O–H groups in total. The van der Waals surface area contributed by atoms with Crippen LogP contribution < -0.4 is 4.90 Å². The smallest absolute Gasteiger partial charge is 0.126 e. The summed E-state index contributed by atoms with van der Waals surface area (Å²) in [5.41, 5.74) is 5.51. The number of hydrogen-bond acceptors (Lipinski definition) is 2. The Morgan fingerprint density at radius 2 is 1.53 bits per heavy atom. The van der Waals surface area contributed by atoms with Crippen molar-refractivity contribution in [2.24, 2.45) is 0 Å². The summed E-state index contributed by atoms with van der Waals surface area (Å²) in [6.45, 7) is 3.65. The first-order valence-corrected chi connectivity index (χ1v) is 10.4. The first-order valence-electron chi connectivity index (χ1n) is 10.4. The Hall–Kier alpha value is -3.91. The van der Waals surface area contributed by atoms with Crippen LogP contribution in [0.1, 0.15) is 27.9 Å². The van der Waals surface area contributed by atoms with Crippen molar-refractivity contribution in [2.75, 3.05) is 4.90 Å². The van der Waals surface area contributed by atoms with Gasteiger partial charge in [-0.25, -0.2) is 8.78 Å². The first kappa shape index (κ1) is 21.3. The minimum Gasteiger partial charge on any atom is -0.361 e. The number of aromatic nitrogens is 1. The number of anilines is 1. The van der Waals surface area contributed by atoms with Gasteiger partial charge in [-0.15, -0.1) is 0 Å². The largest absolute Gasteiger partial charge is 0.361 e. The Labute approximate surface area is 186 Å². The van der Waals surface area contributed by atoms with Gasteiger partial charge in [0.15, 0.2) is 0 Å². The van der Waals surface area contributed by atoms with E-state index >= 15 is 0 Å². The van der Waals surface area contributed by atoms with Crippen molar-refractivity contribution in [3.8, 4) is 6.07 Å². The molecule has 4 aromatic rings. The molecule has 0 radical (unpaired) electrons. The number of nitrogens with zero attached hydrogens (tertiary/aromatic N) is 3. The van der Waals surface area contributed by atoms with E-state index in [0.717, 1.165) is 28.6 Å². The Bertz CT molecular complexity index is 1220. The van der Waals surface area contributed by atoms with Crippen LogP contribution in [-0.2, 0) is 19.6 Å². The molecule has 0 saturated heterocycles. The van der Waals surface area contributed by atoms with Gasteiger partial charge in [0.25, 0.3) is 0 Å². The highest BCUT2D eigenvalue weighted by Gasteiger charge is 2.13. The van der Waals surface area contributed by atoms with Crippen molar-refractivity contribution >= 4 is 5.69 Å². The molecule has 32 heavy (non-hydrogen) atoms. The van der Waals surface area contributed by atoms with Gasteiger partial charge in [0.2, 0.25) is 0 Å². The van der Waals surface area contributed by atoms with E-state index in [0.29, 0.717) is 30.8 Å². The molecular weight excluding hydrogens is 404 g/mol. The molecule has 0 amide bonds. The maximum atomic E-state index is 13.8. The maximum absolute atomic E-state index is 13.8. The second-order valence-corrected chi connectivity index (χ2v) is 7.91. The number of aryl methyl sites for hydroxylation is 1. The van der Waals surface area contributed by atoms with Crippen LogP contribution in [0.4, 0.5) is 14.5 Å². The lowest BCUT2D eigenvalue weighted by molar-refractivity contribution is 0.578. The van der Waals surface area contributed by atoms with Crippen LogP contribution in [0, 0.1) is 29.9 Å². The number of rotatable bonds is 7. The van der Waals surface area contributed by atoms with E-state index in [1.165, 1.54) is 12.1 Å². The number of halogens is 2. The highest BCUT2D eigenvalue weighted by atomic mass is 19.1. The van der Waals surface area contributed by atoms with Crippen molar-refractivity contribution in [2.45, 2.75) is 26.6 Å². The third kappa shape index (κ3) is 5.22. The highest BCUT2D eigenvalue weighted by molar-refractivity contribution is 5.48. The standard InChI is InChI=1S/C27H23F2N3/c1-20-4-10-26(11-5-20)32(18-23-13-24(28)15-25(29)14-23)19-27-3-2-12-31(27)17-22-8-6-21(16-30)7-9-22/h2-15H,17-19H2,1H3. The molecule has 0 atom stereocenters. The number of nitriles is 1. The van der Waals surface area contributed by atoms with Gasteiger partial charge in [-0.2, -0.15) is 5.26 Å². The van der Waals surface area contributed by atoms with Crippen LogP contribution in [0.3, 0.4) is 0 Å². The van der Waals surface area contributed by atoms with E-state index in [9.17, 15) is 8.78 Å². The second-order valence-electron chi connectivity index (χ2n) is 7.91. The Morgan fingerprint density at radius 3 is 2.19 bits per heavy atom. The van der Waals surface area contributed by atoms with Gasteiger partial charge in [-0.3, -0.25) is 0 Å². The van der Waals surface area contributed by atoms with Crippen molar-refractivity contribution in [3.05, 3.63) is 125 Å². The molecular formula is C27H23F2N3. The van der Waals surface area contributed by atoms with Crippen LogP contribution in [0.25, 0.3) is 0 Å². The molecule has 0 aliphatic heterocycles. The Kier molecular flexibility index (Phi) is 6.32. The molecule has 1 heterocycles. The molecule has 0 fully saturated rings. The molecule has 0 saturated carbocycles. The average Bonchev–Trinajstić information content (AvgIpc) is 3.20. The summed E-state index contributed by atoms with van der Waals surface area (Å²) in [5, 5.41) is 9.00. The summed E-state index contributed by atoms with van der Waals surface area (Å²) in [4.78, 5) is 2.11. The zero-order chi connectivity index (χ0) is 22.5. The molecule has 160 valence electrons. The highest BCUT2D eigenvalue weighted by Crippen LogP contribution is 2.22. The van der Waals surface area contributed by atoms with Gasteiger partial charge in [0, 0.05) is 36.7 Å². The molecule has 1 aromatic heterocycles. The van der Waals surface area contributed by atoms with Crippen molar-refractivity contribution in [1.82, 2.24) is 4.57 Å². The molecule has 0 aliphatic carbocycles. The SMILES string of the molecule is Cc1ccc(N(Cc2cc(F)cc(F)c2)Cc2cccn2Cc2ccc(C#N)cc2)cc1. The van der Waals surface area contributed by atoms with Gasteiger partial charge in [-0.05, 0) is 66.6 Å². The summed E-state index contributed by atoms with van der Waals surface area (Å²) in [6.07, 6.45) is 2.02. The molecule has 0 unspecified atom stereocenters. The molecule has 3 aromatic carbocycles. The molecule has 3 nitrogen and oxygen atoms in total. The minimum atomic E-state index is -0.576. The maximum Gasteiger partial charge on any atom is 0.126 e. The summed E-state index contributed by atoms with van der Waals surface area (Å²) in [6, 6.07) is 25.5. The quantitative estimate of drug-likeness (QED) is 0.352. The summed E-state index contributed by atoms with van der Waals surface area (Å²) < 4.78 is 29.7. The molecule has 4 rings (SSSR count). The van der Waals surface area contributed by atoms with Gasteiger partial charge < -0.3 is 9.47 Å². The molecule has 0 bridgehead atoms. The van der Waals surface area contributed by atoms with Crippen molar-refractivity contribution in [3.63, 3.8) is 0 Å². The fourth-order valence-electron chi connectivity index (χ4n) is 3.74. The van der Waals surface area contributed by atoms with Gasteiger partial charge in [0.1, 0.15) is 11.6 Å². The van der Waals surface area contributed by atoms with E-state index in [1.54, 1.807) is 0 Å². The van der Waals surface area contributed by atoms with E-state index in [-0.39, 0.29) is 0 Å². The van der Waals surface area contributed by atoms with Crippen LogP contribution in [0.15, 0.2) is 85.1 Å². The summed E-state index contributed by atoms with van der Waals surface area (Å²) >= 11 is 0. The predicted octanol–water partition coefficient (Wildman–Crippen LogP) is 6.20. The van der Waals surface area contributed by atoms with E-state index in [4.69, 9.17) is 5.26 Å². The third-order valence-electron chi connectivity index (χ3n) is 5.41. The van der Waals surface area contributed by atoms with Crippen LogP contribution >= 0.6 is 0 Å². The van der Waals surface area contributed by atoms with E-state index < -0.39 is 11.6 Å². The normalized spacial score (nSPS) is 10.7. The predicted molar refractivity (Wildman–Crippen MR) is 122 cm³/mol. The van der Waals surface area contributed by atoms with Crippen molar-refractivity contribution in [1.29, 1.82) is 5.26 Å². The fourth-order valence-corrected chi connectivity index (χ4v) is 3.74. The Morgan fingerprint density at radius 1 is 0.844 bits per heavy atom. The number of hydrogen-bond donors (Lipinski definition) is 0. The fraction of sp³-hybridized carbons (Fsp3) is 0.148. The van der Waals surface area contributed by atoms with Gasteiger partial charge >= 0.3 is 0 Å². The molecule has 0 spiro atoms. The van der Waals surface area contributed by atoms with E-state index in [1.807, 2.05) is 67.7 Å². The second kappa shape index (κ2) is 9.49. The first-order chi connectivity index (χ1) is 15.5. The van der Waals surface area contributed by atoms with E-state index in [2.05, 4.69) is 21.6 Å². The number of benzene rings is 3. The van der Waals surface area contributed by atoms with Crippen molar-refractivity contribution < 1.29 is 8.78 Å². The molecule has 5 heteroatoms. The lowest BCUT2D eigenvalue weighted by Gasteiger charge is -2.26. The minimum absolute atomic E-state index is 0.375. The lowest BCUT2D eigenvalue weighted by Crippen LogP contribution is -2.24. The Balaban J connectivity index is 1.60. The summed E-state index contributed by atoms with van der Waals surface area (Å²) in [5.74, 6) is -1.15. The monoisotopic (exact) mass is 427 g/mol. The van der Waals surface area contributed by atoms with Gasteiger partial charge in [0.05, 0.1) is 18.2 Å². The lowest BCUT2D eigenvalue weighted by atomic mass is 10.1. The summed E-state index contributed by atoms with van der Waals surface area (Å²) in [7, 11) is 0.